The lowest BCUT2D eigenvalue weighted by molar-refractivity contribution is -0.120. The van der Waals surface area contributed by atoms with E-state index in [1.54, 1.807) is 18.2 Å². The number of rotatable bonds is 7. The molecule has 5 nitrogen and oxygen atoms in total. The maximum absolute atomic E-state index is 13.1. The maximum Gasteiger partial charge on any atom is 0.264 e. The molecule has 0 aliphatic heterocycles. The number of sulfonamides is 1. The smallest absolute Gasteiger partial charge is 0.264 e. The minimum Gasteiger partial charge on any atom is -0.352 e. The minimum absolute atomic E-state index is 0.0653. The van der Waals surface area contributed by atoms with Gasteiger partial charge in [-0.2, -0.15) is 0 Å². The molecule has 0 heterocycles. The summed E-state index contributed by atoms with van der Waals surface area (Å²) in [6, 6.07) is 12.3. The zero-order chi connectivity index (χ0) is 19.3. The molecule has 0 unspecified atom stereocenters. The largest absolute Gasteiger partial charge is 0.352 e. The summed E-state index contributed by atoms with van der Waals surface area (Å²) in [4.78, 5) is 12.4. The summed E-state index contributed by atoms with van der Waals surface area (Å²) in [6.45, 7) is 3.39. The highest BCUT2D eigenvalue weighted by Crippen LogP contribution is 2.32. The third kappa shape index (κ3) is 4.90. The van der Waals surface area contributed by atoms with Crippen LogP contribution in [0.5, 0.6) is 0 Å². The lowest BCUT2D eigenvalue weighted by atomic mass is 10.2. The van der Waals surface area contributed by atoms with Crippen LogP contribution < -0.4 is 9.62 Å². The third-order valence-electron chi connectivity index (χ3n) is 3.82. The zero-order valence-electron chi connectivity index (χ0n) is 14.4. The van der Waals surface area contributed by atoms with Crippen molar-refractivity contribution in [1.29, 1.82) is 0 Å². The highest BCUT2D eigenvalue weighted by Gasteiger charge is 2.28. The predicted molar refractivity (Wildman–Crippen MR) is 105 cm³/mol. The van der Waals surface area contributed by atoms with Gasteiger partial charge in [0.2, 0.25) is 5.91 Å². The van der Waals surface area contributed by atoms with Crippen LogP contribution in [-0.2, 0) is 14.8 Å². The average Bonchev–Trinajstić information content (AvgIpc) is 2.60. The highest BCUT2D eigenvalue weighted by atomic mass is 35.5. The number of hydrogen-bond acceptors (Lipinski definition) is 3. The van der Waals surface area contributed by atoms with Crippen LogP contribution in [0.1, 0.15) is 20.3 Å². The summed E-state index contributed by atoms with van der Waals surface area (Å²) in [5.41, 5.74) is 0.194. The van der Waals surface area contributed by atoms with Crippen molar-refractivity contribution in [2.24, 2.45) is 0 Å². The monoisotopic (exact) mass is 414 g/mol. The molecular weight excluding hydrogens is 395 g/mol. The van der Waals surface area contributed by atoms with Gasteiger partial charge in [-0.25, -0.2) is 8.42 Å². The summed E-state index contributed by atoms with van der Waals surface area (Å²) < 4.78 is 27.2. The van der Waals surface area contributed by atoms with Gasteiger partial charge in [0.15, 0.2) is 0 Å². The molecule has 0 radical (unpaired) electrons. The van der Waals surface area contributed by atoms with Crippen molar-refractivity contribution in [2.45, 2.75) is 31.2 Å². The number of carbonyl (C=O) groups is 1. The van der Waals surface area contributed by atoms with Crippen molar-refractivity contribution in [3.8, 4) is 0 Å². The molecule has 140 valence electrons. The molecule has 0 saturated carbocycles. The number of anilines is 1. The van der Waals surface area contributed by atoms with E-state index in [2.05, 4.69) is 5.32 Å². The van der Waals surface area contributed by atoms with Crippen molar-refractivity contribution >= 4 is 44.8 Å². The van der Waals surface area contributed by atoms with Crippen LogP contribution in [0, 0.1) is 0 Å². The summed E-state index contributed by atoms with van der Waals surface area (Å²) >= 11 is 12.1. The van der Waals surface area contributed by atoms with Gasteiger partial charge in [-0.15, -0.1) is 0 Å². The van der Waals surface area contributed by atoms with Crippen LogP contribution >= 0.6 is 23.2 Å². The van der Waals surface area contributed by atoms with Gasteiger partial charge in [0.25, 0.3) is 10.0 Å². The fourth-order valence-corrected chi connectivity index (χ4v) is 4.28. The fraction of sp³-hybridized carbons (Fsp3) is 0.278. The van der Waals surface area contributed by atoms with E-state index in [1.165, 1.54) is 30.3 Å². The Balaban J connectivity index is 2.47. The lowest BCUT2D eigenvalue weighted by Gasteiger charge is -2.25. The standard InChI is InChI=1S/C18H20Cl2N2O3S/c1-3-13(2)21-18(23)12-22(17-10-9-14(19)11-16(17)20)26(24,25)15-7-5-4-6-8-15/h4-11,13H,3,12H2,1-2H3,(H,21,23)/t13-/m1/s1. The second-order valence-electron chi connectivity index (χ2n) is 5.80. The molecule has 26 heavy (non-hydrogen) atoms. The molecule has 2 rings (SSSR count). The van der Waals surface area contributed by atoms with Gasteiger partial charge in [-0.05, 0) is 43.7 Å². The molecule has 2 aromatic carbocycles. The van der Waals surface area contributed by atoms with Crippen molar-refractivity contribution in [2.75, 3.05) is 10.8 Å². The van der Waals surface area contributed by atoms with Crippen LogP contribution in [0.3, 0.4) is 0 Å². The number of benzene rings is 2. The van der Waals surface area contributed by atoms with Gasteiger partial charge >= 0.3 is 0 Å². The predicted octanol–water partition coefficient (Wildman–Crippen LogP) is 4.10. The Morgan fingerprint density at radius 1 is 1.15 bits per heavy atom. The van der Waals surface area contributed by atoms with E-state index in [4.69, 9.17) is 23.2 Å². The van der Waals surface area contributed by atoms with Gasteiger partial charge in [-0.1, -0.05) is 48.3 Å². The fourth-order valence-electron chi connectivity index (χ4n) is 2.26. The number of nitrogens with zero attached hydrogens (tertiary/aromatic N) is 1. The molecule has 1 N–H and O–H groups in total. The molecule has 0 aliphatic rings. The first kappa shape index (κ1) is 20.6. The van der Waals surface area contributed by atoms with E-state index in [0.717, 1.165) is 10.7 Å². The van der Waals surface area contributed by atoms with Crippen molar-refractivity contribution < 1.29 is 13.2 Å². The van der Waals surface area contributed by atoms with Gasteiger partial charge in [0.1, 0.15) is 6.54 Å². The first-order valence-corrected chi connectivity index (χ1v) is 10.3. The van der Waals surface area contributed by atoms with E-state index in [1.807, 2.05) is 13.8 Å². The minimum atomic E-state index is -3.98. The van der Waals surface area contributed by atoms with Crippen LogP contribution in [0.2, 0.25) is 10.0 Å². The third-order valence-corrected chi connectivity index (χ3v) is 6.13. The number of carbonyl (C=O) groups excluding carboxylic acids is 1. The van der Waals surface area contributed by atoms with Crippen molar-refractivity contribution in [3.05, 3.63) is 58.6 Å². The van der Waals surface area contributed by atoms with E-state index in [9.17, 15) is 13.2 Å². The number of amides is 1. The molecule has 0 fully saturated rings. The average molecular weight is 415 g/mol. The van der Waals surface area contributed by atoms with E-state index >= 15 is 0 Å². The Morgan fingerprint density at radius 3 is 2.38 bits per heavy atom. The van der Waals surface area contributed by atoms with E-state index in [-0.39, 0.29) is 28.2 Å². The van der Waals surface area contributed by atoms with Gasteiger partial charge in [0.05, 0.1) is 15.6 Å². The summed E-state index contributed by atoms with van der Waals surface area (Å²) in [7, 11) is -3.98. The summed E-state index contributed by atoms with van der Waals surface area (Å²) in [5, 5.41) is 3.29. The molecular formula is C18H20Cl2N2O3S. The molecule has 0 bridgehead atoms. The van der Waals surface area contributed by atoms with Crippen LogP contribution in [0.4, 0.5) is 5.69 Å². The number of hydrogen-bond donors (Lipinski definition) is 1. The number of halogens is 2. The Bertz CT molecular complexity index is 873. The first-order valence-electron chi connectivity index (χ1n) is 8.08. The first-order chi connectivity index (χ1) is 12.3. The molecule has 2 aromatic rings. The Hall–Kier alpha value is -1.76. The quantitative estimate of drug-likeness (QED) is 0.741. The second kappa shape index (κ2) is 8.75. The maximum atomic E-state index is 13.1. The van der Waals surface area contributed by atoms with Crippen molar-refractivity contribution in [1.82, 2.24) is 5.32 Å². The SMILES string of the molecule is CC[C@@H](C)NC(=O)CN(c1ccc(Cl)cc1Cl)S(=O)(=O)c1ccccc1. The molecule has 0 spiro atoms. The number of nitrogens with one attached hydrogen (secondary N) is 1. The van der Waals surface area contributed by atoms with Gasteiger partial charge in [-0.3, -0.25) is 9.10 Å². The van der Waals surface area contributed by atoms with Crippen molar-refractivity contribution in [3.63, 3.8) is 0 Å². The van der Waals surface area contributed by atoms with Gasteiger partial charge in [0, 0.05) is 11.1 Å². The Kier molecular flexibility index (Phi) is 6.92. The molecule has 0 aromatic heterocycles. The Morgan fingerprint density at radius 2 is 1.81 bits per heavy atom. The van der Waals surface area contributed by atoms with Crippen LogP contribution in [0.25, 0.3) is 0 Å². The van der Waals surface area contributed by atoms with Crippen LogP contribution in [-0.4, -0.2) is 26.9 Å². The summed E-state index contributed by atoms with van der Waals surface area (Å²) in [5.74, 6) is -0.412. The molecule has 0 saturated heterocycles. The van der Waals surface area contributed by atoms with E-state index < -0.39 is 15.9 Å². The zero-order valence-corrected chi connectivity index (χ0v) is 16.8. The topological polar surface area (TPSA) is 66.5 Å². The van der Waals surface area contributed by atoms with Crippen LogP contribution in [0.15, 0.2) is 53.4 Å². The molecule has 1 atom stereocenters. The highest BCUT2D eigenvalue weighted by molar-refractivity contribution is 7.92. The lowest BCUT2D eigenvalue weighted by Crippen LogP contribution is -2.43. The molecule has 1 amide bonds. The normalized spacial score (nSPS) is 12.5. The molecule has 8 heteroatoms. The van der Waals surface area contributed by atoms with E-state index in [0.29, 0.717) is 5.02 Å². The Labute approximate surface area is 164 Å². The van der Waals surface area contributed by atoms with Gasteiger partial charge < -0.3 is 5.32 Å². The second-order valence-corrected chi connectivity index (χ2v) is 8.50. The molecule has 0 aliphatic carbocycles. The summed E-state index contributed by atoms with van der Waals surface area (Å²) in [6.07, 6.45) is 0.735.